The Balaban J connectivity index is 2.03. The van der Waals surface area contributed by atoms with Gasteiger partial charge in [-0.25, -0.2) is 0 Å². The van der Waals surface area contributed by atoms with Crippen LogP contribution in [0.25, 0.3) is 0 Å². The molecule has 0 radical (unpaired) electrons. The fraction of sp³-hybridized carbons (Fsp3) is 0.875. The third-order valence-electron chi connectivity index (χ3n) is 4.77. The standard InChI is InChI=1S/C16H31N2/c1-17-15-9-5-6-11-16(17)14(8-7-10-15)12-13-18(2,3)4/h10,14,16H,5-9,11-13H2,1-4H3/q+1/t14-,16+/m0/s1. The molecule has 104 valence electrons. The van der Waals surface area contributed by atoms with Gasteiger partial charge in [0.2, 0.25) is 0 Å². The van der Waals surface area contributed by atoms with Crippen molar-refractivity contribution < 1.29 is 4.48 Å². The van der Waals surface area contributed by atoms with Crippen LogP contribution in [0.2, 0.25) is 0 Å². The van der Waals surface area contributed by atoms with Gasteiger partial charge in [-0.1, -0.05) is 12.5 Å². The summed E-state index contributed by atoms with van der Waals surface area (Å²) in [4.78, 5) is 2.63. The second kappa shape index (κ2) is 5.64. The van der Waals surface area contributed by atoms with Crippen LogP contribution in [0.4, 0.5) is 0 Å². The first-order valence-corrected chi connectivity index (χ1v) is 7.70. The molecular formula is C16H31N2+. The highest BCUT2D eigenvalue weighted by Gasteiger charge is 2.30. The third kappa shape index (κ3) is 3.50. The Hall–Kier alpha value is -0.500. The lowest BCUT2D eigenvalue weighted by Crippen LogP contribution is -2.40. The molecule has 0 N–H and O–H groups in total. The molecule has 0 spiro atoms. The van der Waals surface area contributed by atoms with Crippen LogP contribution in [-0.2, 0) is 0 Å². The largest absolute Gasteiger partial charge is 0.375 e. The van der Waals surface area contributed by atoms with E-state index in [-0.39, 0.29) is 0 Å². The summed E-state index contributed by atoms with van der Waals surface area (Å²) in [5, 5.41) is 0. The van der Waals surface area contributed by atoms with Crippen molar-refractivity contribution in [2.75, 3.05) is 34.7 Å². The lowest BCUT2D eigenvalue weighted by atomic mass is 9.88. The van der Waals surface area contributed by atoms with Crippen LogP contribution < -0.4 is 0 Å². The molecule has 2 heteroatoms. The van der Waals surface area contributed by atoms with Crippen molar-refractivity contribution in [1.82, 2.24) is 4.90 Å². The zero-order valence-electron chi connectivity index (χ0n) is 12.8. The molecule has 1 fully saturated rings. The van der Waals surface area contributed by atoms with Crippen LogP contribution in [0.15, 0.2) is 11.8 Å². The van der Waals surface area contributed by atoms with E-state index in [9.17, 15) is 0 Å². The maximum atomic E-state index is 2.63. The molecule has 1 saturated heterocycles. The molecule has 0 aromatic carbocycles. The molecule has 0 unspecified atom stereocenters. The zero-order valence-corrected chi connectivity index (χ0v) is 12.8. The normalized spacial score (nSPS) is 29.6. The fourth-order valence-corrected chi connectivity index (χ4v) is 3.59. The molecule has 2 atom stereocenters. The number of fused-ring (bicyclic) bond motifs is 2. The minimum atomic E-state index is 0.813. The Morgan fingerprint density at radius 1 is 1.22 bits per heavy atom. The maximum absolute atomic E-state index is 2.63. The molecule has 2 rings (SSSR count). The van der Waals surface area contributed by atoms with Crippen LogP contribution in [-0.4, -0.2) is 50.2 Å². The van der Waals surface area contributed by atoms with E-state index < -0.39 is 0 Å². The molecule has 2 bridgehead atoms. The predicted molar refractivity (Wildman–Crippen MR) is 78.3 cm³/mol. The lowest BCUT2D eigenvalue weighted by Gasteiger charge is -2.35. The Morgan fingerprint density at radius 3 is 2.72 bits per heavy atom. The first-order chi connectivity index (χ1) is 8.47. The number of allylic oxidation sites excluding steroid dienone is 2. The predicted octanol–water partition coefficient (Wildman–Crippen LogP) is 3.25. The van der Waals surface area contributed by atoms with Crippen LogP contribution in [0, 0.1) is 5.92 Å². The molecule has 0 aromatic rings. The minimum Gasteiger partial charge on any atom is -0.375 e. The SMILES string of the molecule is CN1C2=CCC[C@@H](CC[N+](C)(C)C)[C@H]1CCCC2. The Morgan fingerprint density at radius 2 is 2.00 bits per heavy atom. The number of hydrogen-bond donors (Lipinski definition) is 0. The Labute approximate surface area is 113 Å². The van der Waals surface area contributed by atoms with E-state index in [0.29, 0.717) is 0 Å². The van der Waals surface area contributed by atoms with Gasteiger partial charge in [0.15, 0.2) is 0 Å². The van der Waals surface area contributed by atoms with E-state index >= 15 is 0 Å². The monoisotopic (exact) mass is 251 g/mol. The molecule has 2 heterocycles. The third-order valence-corrected chi connectivity index (χ3v) is 4.77. The van der Waals surface area contributed by atoms with Gasteiger partial charge in [0.25, 0.3) is 0 Å². The van der Waals surface area contributed by atoms with Gasteiger partial charge >= 0.3 is 0 Å². The summed E-state index contributed by atoms with van der Waals surface area (Å²) >= 11 is 0. The summed E-state index contributed by atoms with van der Waals surface area (Å²) in [7, 11) is 9.29. The van der Waals surface area contributed by atoms with Gasteiger partial charge < -0.3 is 9.38 Å². The first-order valence-electron chi connectivity index (χ1n) is 7.70. The van der Waals surface area contributed by atoms with E-state index in [0.717, 1.165) is 16.4 Å². The Kier molecular flexibility index (Phi) is 4.37. The average Bonchev–Trinajstić information content (AvgIpc) is 2.55. The highest BCUT2D eigenvalue weighted by molar-refractivity contribution is 5.07. The van der Waals surface area contributed by atoms with Gasteiger partial charge in [-0.05, 0) is 38.0 Å². The van der Waals surface area contributed by atoms with Crippen molar-refractivity contribution in [3.8, 4) is 0 Å². The van der Waals surface area contributed by atoms with Gasteiger partial charge in [0, 0.05) is 25.2 Å². The van der Waals surface area contributed by atoms with Crippen molar-refractivity contribution in [1.29, 1.82) is 0 Å². The van der Waals surface area contributed by atoms with Gasteiger partial charge in [0.1, 0.15) is 0 Å². The zero-order chi connectivity index (χ0) is 13.2. The first kappa shape index (κ1) is 13.9. The second-order valence-corrected chi connectivity index (χ2v) is 7.26. The van der Waals surface area contributed by atoms with Gasteiger partial charge in [-0.15, -0.1) is 0 Å². The van der Waals surface area contributed by atoms with Gasteiger partial charge in [-0.3, -0.25) is 0 Å². The van der Waals surface area contributed by atoms with Gasteiger partial charge in [-0.2, -0.15) is 0 Å². The summed E-state index contributed by atoms with van der Waals surface area (Å²) in [6.45, 7) is 1.31. The number of nitrogens with zero attached hydrogens (tertiary/aromatic N) is 2. The second-order valence-electron chi connectivity index (χ2n) is 7.26. The minimum absolute atomic E-state index is 0.813. The van der Waals surface area contributed by atoms with Crippen molar-refractivity contribution >= 4 is 0 Å². The molecule has 2 aliphatic rings. The lowest BCUT2D eigenvalue weighted by molar-refractivity contribution is -0.871. The maximum Gasteiger partial charge on any atom is 0.0783 e. The highest BCUT2D eigenvalue weighted by atomic mass is 15.3. The summed E-state index contributed by atoms with van der Waals surface area (Å²) in [5.41, 5.74) is 1.63. The molecular weight excluding hydrogens is 220 g/mol. The summed E-state index contributed by atoms with van der Waals surface area (Å²) in [6.07, 6.45) is 12.2. The van der Waals surface area contributed by atoms with Crippen LogP contribution in [0.5, 0.6) is 0 Å². The van der Waals surface area contributed by atoms with Crippen LogP contribution >= 0.6 is 0 Å². The van der Waals surface area contributed by atoms with E-state index in [1.807, 2.05) is 0 Å². The quantitative estimate of drug-likeness (QED) is 0.696. The number of rotatable bonds is 3. The fourth-order valence-electron chi connectivity index (χ4n) is 3.59. The van der Waals surface area contributed by atoms with E-state index in [4.69, 9.17) is 0 Å². The van der Waals surface area contributed by atoms with Crippen molar-refractivity contribution in [3.05, 3.63) is 11.8 Å². The number of hydrogen-bond acceptors (Lipinski definition) is 1. The smallest absolute Gasteiger partial charge is 0.0783 e. The van der Waals surface area contributed by atoms with E-state index in [1.165, 1.54) is 51.5 Å². The molecule has 0 saturated carbocycles. The topological polar surface area (TPSA) is 3.24 Å². The molecule has 2 aliphatic heterocycles. The summed E-state index contributed by atoms with van der Waals surface area (Å²) in [5.74, 6) is 0.902. The van der Waals surface area contributed by atoms with Crippen molar-refractivity contribution in [3.63, 3.8) is 0 Å². The van der Waals surface area contributed by atoms with Crippen molar-refractivity contribution in [2.24, 2.45) is 5.92 Å². The highest BCUT2D eigenvalue weighted by Crippen LogP contribution is 2.34. The average molecular weight is 251 g/mol. The molecule has 2 nitrogen and oxygen atoms in total. The molecule has 18 heavy (non-hydrogen) atoms. The van der Waals surface area contributed by atoms with Crippen LogP contribution in [0.3, 0.4) is 0 Å². The Bertz CT molecular complexity index is 301. The van der Waals surface area contributed by atoms with E-state index in [2.05, 4.69) is 39.2 Å². The van der Waals surface area contributed by atoms with Crippen LogP contribution in [0.1, 0.15) is 44.9 Å². The van der Waals surface area contributed by atoms with E-state index in [1.54, 1.807) is 5.70 Å². The molecule has 0 aromatic heterocycles. The summed E-state index contributed by atoms with van der Waals surface area (Å²) < 4.78 is 1.10. The number of quaternary nitrogens is 1. The van der Waals surface area contributed by atoms with Crippen molar-refractivity contribution in [2.45, 2.75) is 51.0 Å². The summed E-state index contributed by atoms with van der Waals surface area (Å²) in [6, 6.07) is 0.813. The van der Waals surface area contributed by atoms with Gasteiger partial charge in [0.05, 0.1) is 27.7 Å². The molecule has 0 amide bonds. The molecule has 0 aliphatic carbocycles.